The number of para-hydroxylation sites is 1. The minimum Gasteiger partial charge on any atom is -0.337 e. The maximum Gasteiger partial charge on any atom is 0.269 e. The Kier molecular flexibility index (Phi) is 4.18. The number of aliphatic imine (C=N–C) groups is 1. The van der Waals surface area contributed by atoms with E-state index in [4.69, 9.17) is 4.99 Å². The Morgan fingerprint density at radius 2 is 1.57 bits per heavy atom. The second-order valence-corrected chi connectivity index (χ2v) is 8.66. The lowest BCUT2D eigenvalue weighted by molar-refractivity contribution is -0.121. The van der Waals surface area contributed by atoms with Gasteiger partial charge in [-0.15, -0.1) is 0 Å². The van der Waals surface area contributed by atoms with Crippen molar-refractivity contribution in [1.29, 1.82) is 0 Å². The number of amidine groups is 1. The van der Waals surface area contributed by atoms with Gasteiger partial charge >= 0.3 is 0 Å². The quantitative estimate of drug-likeness (QED) is 0.507. The number of hydrogen-bond acceptors (Lipinski definition) is 5. The average Bonchev–Trinajstić information content (AvgIpc) is 3.19. The highest BCUT2D eigenvalue weighted by molar-refractivity contribution is 8.19. The molecule has 0 saturated carbocycles. The van der Waals surface area contributed by atoms with Crippen LogP contribution in [0.3, 0.4) is 0 Å². The number of hydrogen-bond donors (Lipinski definition) is 0. The molecule has 0 aliphatic carbocycles. The van der Waals surface area contributed by atoms with Crippen molar-refractivity contribution in [2.45, 2.75) is 4.90 Å². The molecule has 1 fully saturated rings. The molecule has 0 atom stereocenters. The summed E-state index contributed by atoms with van der Waals surface area (Å²) in [6.45, 7) is 0. The molecule has 2 aliphatic heterocycles. The summed E-state index contributed by atoms with van der Waals surface area (Å²) in [6, 6.07) is 22.5. The van der Waals surface area contributed by atoms with E-state index in [9.17, 15) is 4.79 Å². The highest BCUT2D eigenvalue weighted by atomic mass is 32.2. The normalized spacial score (nSPS) is 20.5. The molecule has 0 bridgehead atoms. The van der Waals surface area contributed by atoms with Gasteiger partial charge in [0.1, 0.15) is 4.91 Å². The summed E-state index contributed by atoms with van der Waals surface area (Å²) < 4.78 is 0. The van der Waals surface area contributed by atoms with Crippen LogP contribution in [-0.4, -0.2) is 30.1 Å². The van der Waals surface area contributed by atoms with Crippen LogP contribution in [-0.2, 0) is 4.79 Å². The van der Waals surface area contributed by atoms with E-state index in [1.165, 1.54) is 22.0 Å². The number of carbonyl (C=O) groups excluding carboxylic acids is 1. The van der Waals surface area contributed by atoms with Crippen molar-refractivity contribution >= 4 is 56.7 Å². The van der Waals surface area contributed by atoms with Gasteiger partial charge in [-0.2, -0.15) is 0 Å². The number of nitrogens with zero attached hydrogens (tertiary/aromatic N) is 3. The van der Waals surface area contributed by atoms with Crippen molar-refractivity contribution in [2.24, 2.45) is 4.99 Å². The molecule has 3 aromatic rings. The topological polar surface area (TPSA) is 35.9 Å². The first kappa shape index (κ1) is 17.4. The molecular formula is C22H17N3OS2. The van der Waals surface area contributed by atoms with Gasteiger partial charge in [0, 0.05) is 19.0 Å². The van der Waals surface area contributed by atoms with E-state index in [1.807, 2.05) is 37.4 Å². The standard InChI is InChI=1S/C22H17N3OS2/c1-24-17-9-5-6-10-18(17)27-21(24)19-20(26)25(2)22(28-19)23-16-12-11-14-7-3-4-8-15(14)13-16/h3-13H,1-2H3. The van der Waals surface area contributed by atoms with Crippen molar-refractivity contribution in [3.05, 3.63) is 76.7 Å². The van der Waals surface area contributed by atoms with Crippen LogP contribution in [0.1, 0.15) is 0 Å². The Morgan fingerprint density at radius 1 is 0.821 bits per heavy atom. The van der Waals surface area contributed by atoms with Gasteiger partial charge in [-0.3, -0.25) is 9.69 Å². The Labute approximate surface area is 171 Å². The number of likely N-dealkylation sites (N-methyl/N-ethyl adjacent to an activating group) is 1. The van der Waals surface area contributed by atoms with Crippen LogP contribution < -0.4 is 4.90 Å². The van der Waals surface area contributed by atoms with Crippen molar-refractivity contribution in [1.82, 2.24) is 4.90 Å². The summed E-state index contributed by atoms with van der Waals surface area (Å²) in [7, 11) is 3.79. The molecule has 0 unspecified atom stereocenters. The predicted octanol–water partition coefficient (Wildman–Crippen LogP) is 5.44. The summed E-state index contributed by atoms with van der Waals surface area (Å²) in [5, 5.41) is 3.99. The van der Waals surface area contributed by atoms with Gasteiger partial charge in [-0.05, 0) is 46.8 Å². The van der Waals surface area contributed by atoms with Crippen molar-refractivity contribution in [3.8, 4) is 0 Å². The molecule has 5 rings (SSSR count). The Bertz CT molecular complexity index is 1190. The van der Waals surface area contributed by atoms with Crippen LogP contribution in [0.2, 0.25) is 0 Å². The van der Waals surface area contributed by atoms with Gasteiger partial charge in [0.2, 0.25) is 0 Å². The van der Waals surface area contributed by atoms with Crippen molar-refractivity contribution < 1.29 is 4.79 Å². The zero-order valence-electron chi connectivity index (χ0n) is 15.4. The molecule has 3 aromatic carbocycles. The number of anilines is 1. The second kappa shape index (κ2) is 6.72. The average molecular weight is 404 g/mol. The summed E-state index contributed by atoms with van der Waals surface area (Å²) >= 11 is 3.08. The molecule has 138 valence electrons. The second-order valence-electron chi connectivity index (χ2n) is 6.66. The highest BCUT2D eigenvalue weighted by Gasteiger charge is 2.37. The molecular weight excluding hydrogens is 386 g/mol. The third-order valence-electron chi connectivity index (χ3n) is 4.87. The van der Waals surface area contributed by atoms with Crippen LogP contribution in [0.25, 0.3) is 10.8 Å². The molecule has 1 amide bonds. The fraction of sp³-hybridized carbons (Fsp3) is 0.0909. The number of amides is 1. The van der Waals surface area contributed by atoms with Crippen LogP contribution in [0, 0.1) is 0 Å². The highest BCUT2D eigenvalue weighted by Crippen LogP contribution is 2.49. The zero-order valence-corrected chi connectivity index (χ0v) is 17.1. The molecule has 2 heterocycles. The Morgan fingerprint density at radius 3 is 2.39 bits per heavy atom. The van der Waals surface area contributed by atoms with E-state index in [0.717, 1.165) is 26.7 Å². The Hall–Kier alpha value is -2.70. The summed E-state index contributed by atoms with van der Waals surface area (Å²) in [6.07, 6.45) is 0. The van der Waals surface area contributed by atoms with Crippen LogP contribution in [0.5, 0.6) is 0 Å². The third-order valence-corrected chi connectivity index (χ3v) is 7.35. The SMILES string of the molecule is CN1C(=O)C(=C2Sc3ccccc3N2C)SC1=Nc1ccc2ccccc2c1. The third kappa shape index (κ3) is 2.80. The smallest absolute Gasteiger partial charge is 0.269 e. The molecule has 6 heteroatoms. The van der Waals surface area contributed by atoms with Gasteiger partial charge in [0.25, 0.3) is 5.91 Å². The molecule has 28 heavy (non-hydrogen) atoms. The minimum absolute atomic E-state index is 0.00769. The number of thioether (sulfide) groups is 2. The van der Waals surface area contributed by atoms with Crippen LogP contribution in [0.4, 0.5) is 11.4 Å². The molecule has 0 radical (unpaired) electrons. The molecule has 1 saturated heterocycles. The first-order chi connectivity index (χ1) is 13.6. The number of benzene rings is 3. The van der Waals surface area contributed by atoms with Gasteiger partial charge < -0.3 is 4.90 Å². The first-order valence-corrected chi connectivity index (χ1v) is 10.5. The van der Waals surface area contributed by atoms with Crippen molar-refractivity contribution in [3.63, 3.8) is 0 Å². The Balaban J connectivity index is 1.51. The van der Waals surface area contributed by atoms with Crippen LogP contribution >= 0.6 is 23.5 Å². The monoisotopic (exact) mass is 403 g/mol. The van der Waals surface area contributed by atoms with Gasteiger partial charge in [0.05, 0.1) is 16.4 Å². The van der Waals surface area contributed by atoms with E-state index in [1.54, 1.807) is 23.7 Å². The van der Waals surface area contributed by atoms with Crippen LogP contribution in [0.15, 0.2) is 86.6 Å². The molecule has 4 nitrogen and oxygen atoms in total. The molecule has 0 aromatic heterocycles. The molecule has 0 spiro atoms. The van der Waals surface area contributed by atoms with Gasteiger partial charge in [-0.1, -0.05) is 54.2 Å². The van der Waals surface area contributed by atoms with E-state index in [2.05, 4.69) is 41.3 Å². The first-order valence-electron chi connectivity index (χ1n) is 8.90. The van der Waals surface area contributed by atoms with E-state index in [-0.39, 0.29) is 5.91 Å². The minimum atomic E-state index is -0.00769. The number of fused-ring (bicyclic) bond motifs is 2. The van der Waals surface area contributed by atoms with Gasteiger partial charge in [-0.25, -0.2) is 4.99 Å². The fourth-order valence-corrected chi connectivity index (χ4v) is 5.67. The molecule has 2 aliphatic rings. The predicted molar refractivity (Wildman–Crippen MR) is 119 cm³/mol. The summed E-state index contributed by atoms with van der Waals surface area (Å²) in [5.74, 6) is -0.00769. The zero-order chi connectivity index (χ0) is 19.3. The largest absolute Gasteiger partial charge is 0.337 e. The van der Waals surface area contributed by atoms with E-state index in [0.29, 0.717) is 5.17 Å². The lowest BCUT2D eigenvalue weighted by Crippen LogP contribution is -2.24. The maximum atomic E-state index is 12.9. The lowest BCUT2D eigenvalue weighted by Gasteiger charge is -2.14. The molecule has 0 N–H and O–H groups in total. The van der Waals surface area contributed by atoms with Crippen molar-refractivity contribution in [2.75, 3.05) is 19.0 Å². The number of carbonyl (C=O) groups is 1. The fourth-order valence-electron chi connectivity index (χ4n) is 3.33. The lowest BCUT2D eigenvalue weighted by atomic mass is 10.1. The van der Waals surface area contributed by atoms with Gasteiger partial charge in [0.15, 0.2) is 5.17 Å². The maximum absolute atomic E-state index is 12.9. The summed E-state index contributed by atoms with van der Waals surface area (Å²) in [5.41, 5.74) is 1.98. The number of rotatable bonds is 1. The van der Waals surface area contributed by atoms with E-state index < -0.39 is 0 Å². The van der Waals surface area contributed by atoms with E-state index >= 15 is 0 Å². The summed E-state index contributed by atoms with van der Waals surface area (Å²) in [4.78, 5) is 23.3.